The Bertz CT molecular complexity index is 60.9. The van der Waals surface area contributed by atoms with E-state index < -0.39 is 6.10 Å². The Labute approximate surface area is 81.6 Å². The van der Waals surface area contributed by atoms with Crippen LogP contribution >= 0.6 is 12.6 Å². The second-order valence-corrected chi connectivity index (χ2v) is 2.46. The minimum atomic E-state index is -0.657. The molecule has 0 spiro atoms. The molecule has 2 N–H and O–H groups in total. The Kier molecular flexibility index (Phi) is 10.4. The number of hydrogen-bond donors (Lipinski definition) is 3. The maximum Gasteiger partial charge on any atom is 0.0781 e. The normalized spacial score (nSPS) is 16.0. The van der Waals surface area contributed by atoms with Crippen LogP contribution in [0.1, 0.15) is 6.42 Å². The molecule has 0 heterocycles. The summed E-state index contributed by atoms with van der Waals surface area (Å²) >= 11 is 3.91. The molecule has 0 aromatic rings. The van der Waals surface area contributed by atoms with Crippen molar-refractivity contribution in [2.45, 2.75) is 17.8 Å². The third-order valence-corrected chi connectivity index (χ3v) is 0.966. The molecular formula is C5H11HgO2S. The van der Waals surface area contributed by atoms with Gasteiger partial charge in [-0.25, -0.2) is 0 Å². The number of hydrogen-bond acceptors (Lipinski definition) is 3. The van der Waals surface area contributed by atoms with Gasteiger partial charge in [-0.15, -0.1) is 0 Å². The number of aliphatic hydroxyl groups excluding tert-OH is 2. The van der Waals surface area contributed by atoms with Crippen LogP contribution in [-0.2, 0) is 27.7 Å². The average molecular weight is 336 g/mol. The Balaban J connectivity index is 0. The molecule has 0 aliphatic heterocycles. The SMILES string of the molecule is [CH2]C(S)CC(O)CO.[Hg]. The van der Waals surface area contributed by atoms with Crippen LogP contribution < -0.4 is 0 Å². The molecule has 0 aliphatic rings. The molecule has 0 amide bonds. The van der Waals surface area contributed by atoms with Crippen LogP contribution in [0.15, 0.2) is 0 Å². The Morgan fingerprint density at radius 2 is 2.00 bits per heavy atom. The van der Waals surface area contributed by atoms with E-state index in [1.165, 1.54) is 0 Å². The molecule has 2 atom stereocenters. The van der Waals surface area contributed by atoms with E-state index >= 15 is 0 Å². The predicted molar refractivity (Wildman–Crippen MR) is 35.8 cm³/mol. The van der Waals surface area contributed by atoms with E-state index in [4.69, 9.17) is 10.2 Å². The molecule has 9 heavy (non-hydrogen) atoms. The van der Waals surface area contributed by atoms with Crippen LogP contribution in [0.3, 0.4) is 0 Å². The first-order valence-corrected chi connectivity index (χ1v) is 2.98. The van der Waals surface area contributed by atoms with Crippen LogP contribution in [0.2, 0.25) is 0 Å². The fourth-order valence-corrected chi connectivity index (χ4v) is 0.632. The molecule has 2 nitrogen and oxygen atoms in total. The van der Waals surface area contributed by atoms with Crippen LogP contribution in [0.25, 0.3) is 0 Å². The molecule has 0 saturated carbocycles. The minimum absolute atomic E-state index is 0. The molecule has 0 aromatic heterocycles. The monoisotopic (exact) mass is 337 g/mol. The summed E-state index contributed by atoms with van der Waals surface area (Å²) in [7, 11) is 0. The van der Waals surface area contributed by atoms with Gasteiger partial charge >= 0.3 is 0 Å². The van der Waals surface area contributed by atoms with E-state index in [-0.39, 0.29) is 39.5 Å². The van der Waals surface area contributed by atoms with Gasteiger partial charge in [-0.1, -0.05) is 0 Å². The van der Waals surface area contributed by atoms with E-state index in [0.29, 0.717) is 6.42 Å². The van der Waals surface area contributed by atoms with Crippen molar-refractivity contribution in [1.82, 2.24) is 0 Å². The second kappa shape index (κ2) is 7.31. The molecule has 0 rings (SSSR count). The summed E-state index contributed by atoms with van der Waals surface area (Å²) in [6, 6.07) is 0. The topological polar surface area (TPSA) is 40.5 Å². The van der Waals surface area contributed by atoms with Gasteiger partial charge in [0, 0.05) is 32.9 Å². The molecule has 0 saturated heterocycles. The standard InChI is InChI=1S/C5H11O2S.Hg/c1-4(8)2-5(7)3-6;/h4-8H,1-3H2;. The van der Waals surface area contributed by atoms with E-state index in [2.05, 4.69) is 19.6 Å². The number of thiol groups is 1. The van der Waals surface area contributed by atoms with Crippen molar-refractivity contribution >= 4 is 12.6 Å². The molecule has 4 heteroatoms. The summed E-state index contributed by atoms with van der Waals surface area (Å²) in [5.41, 5.74) is 0. The first-order valence-electron chi connectivity index (χ1n) is 2.47. The Morgan fingerprint density at radius 1 is 1.56 bits per heavy atom. The maximum absolute atomic E-state index is 8.69. The molecule has 0 bridgehead atoms. The van der Waals surface area contributed by atoms with Gasteiger partial charge in [0.05, 0.1) is 12.7 Å². The molecular weight excluding hydrogens is 325 g/mol. The van der Waals surface area contributed by atoms with Crippen LogP contribution in [0.5, 0.6) is 0 Å². The number of aliphatic hydroxyl groups is 2. The van der Waals surface area contributed by atoms with Crippen molar-refractivity contribution in [3.8, 4) is 0 Å². The van der Waals surface area contributed by atoms with E-state index in [1.807, 2.05) is 0 Å². The third kappa shape index (κ3) is 9.21. The summed E-state index contributed by atoms with van der Waals surface area (Å²) in [6.45, 7) is 3.32. The summed E-state index contributed by atoms with van der Waals surface area (Å²) < 4.78 is 0. The Hall–Kier alpha value is 1.21. The predicted octanol–water partition coefficient (Wildman–Crippen LogP) is -0.140. The van der Waals surface area contributed by atoms with Crippen LogP contribution in [0, 0.1) is 6.92 Å². The van der Waals surface area contributed by atoms with Crippen molar-refractivity contribution in [3.63, 3.8) is 0 Å². The van der Waals surface area contributed by atoms with Crippen molar-refractivity contribution in [2.75, 3.05) is 6.61 Å². The van der Waals surface area contributed by atoms with Gasteiger partial charge in [-0.3, -0.25) is 0 Å². The van der Waals surface area contributed by atoms with Crippen molar-refractivity contribution in [2.24, 2.45) is 0 Å². The first kappa shape index (κ1) is 12.8. The quantitative estimate of drug-likeness (QED) is 0.496. The van der Waals surface area contributed by atoms with Crippen molar-refractivity contribution < 1.29 is 37.9 Å². The largest absolute Gasteiger partial charge is 0.394 e. The van der Waals surface area contributed by atoms with Crippen molar-refractivity contribution in [3.05, 3.63) is 6.92 Å². The molecule has 0 fully saturated rings. The van der Waals surface area contributed by atoms with Crippen LogP contribution in [0.4, 0.5) is 0 Å². The fourth-order valence-electron chi connectivity index (χ4n) is 0.389. The second-order valence-electron chi connectivity index (χ2n) is 1.73. The van der Waals surface area contributed by atoms with Gasteiger partial charge in [-0.2, -0.15) is 12.6 Å². The van der Waals surface area contributed by atoms with Gasteiger partial charge in [0.2, 0.25) is 0 Å². The fraction of sp³-hybridized carbons (Fsp3) is 0.800. The van der Waals surface area contributed by atoms with E-state index in [9.17, 15) is 0 Å². The van der Waals surface area contributed by atoms with E-state index in [0.717, 1.165) is 0 Å². The first-order chi connectivity index (χ1) is 3.66. The third-order valence-electron chi connectivity index (χ3n) is 0.755. The van der Waals surface area contributed by atoms with Gasteiger partial charge in [0.15, 0.2) is 0 Å². The molecule has 0 aliphatic carbocycles. The summed E-state index contributed by atoms with van der Waals surface area (Å²) in [5, 5.41) is 16.9. The molecule has 1 radical (unpaired) electrons. The van der Waals surface area contributed by atoms with Gasteiger partial charge in [0.25, 0.3) is 0 Å². The summed E-state index contributed by atoms with van der Waals surface area (Å²) in [6.07, 6.45) is -0.213. The number of rotatable bonds is 3. The zero-order valence-electron chi connectivity index (χ0n) is 5.32. The molecule has 2 unspecified atom stereocenters. The van der Waals surface area contributed by atoms with Crippen molar-refractivity contribution in [1.29, 1.82) is 0 Å². The smallest absolute Gasteiger partial charge is 0.0781 e. The Morgan fingerprint density at radius 3 is 2.11 bits per heavy atom. The van der Waals surface area contributed by atoms with Crippen LogP contribution in [-0.4, -0.2) is 28.2 Å². The maximum atomic E-state index is 8.69. The van der Waals surface area contributed by atoms with Gasteiger partial charge in [0.1, 0.15) is 0 Å². The molecule has 51 valence electrons. The summed E-state index contributed by atoms with van der Waals surface area (Å²) in [4.78, 5) is 0. The zero-order chi connectivity index (χ0) is 6.57. The minimum Gasteiger partial charge on any atom is -0.394 e. The van der Waals surface area contributed by atoms with Gasteiger partial charge < -0.3 is 10.2 Å². The summed E-state index contributed by atoms with van der Waals surface area (Å²) in [5.74, 6) is 0. The average Bonchev–Trinajstić information content (AvgIpc) is 1.65. The van der Waals surface area contributed by atoms with Gasteiger partial charge in [-0.05, 0) is 13.3 Å². The zero-order valence-corrected chi connectivity index (χ0v) is 11.7. The van der Waals surface area contributed by atoms with E-state index in [1.54, 1.807) is 0 Å². The molecule has 0 aromatic carbocycles.